The quantitative estimate of drug-likeness (QED) is 0.761. The van der Waals surface area contributed by atoms with Gasteiger partial charge in [-0.3, -0.25) is 0 Å². The van der Waals surface area contributed by atoms with E-state index in [1.165, 1.54) is 0 Å². The summed E-state index contributed by atoms with van der Waals surface area (Å²) in [5.74, 6) is 1.29. The number of anilines is 2. The minimum Gasteiger partial charge on any atom is -0.384 e. The third kappa shape index (κ3) is 2.08. The molecule has 76 valence electrons. The largest absolute Gasteiger partial charge is 0.384 e. The van der Waals surface area contributed by atoms with Gasteiger partial charge in [-0.1, -0.05) is 11.6 Å². The Morgan fingerprint density at radius 3 is 2.71 bits per heavy atom. The Hall–Kier alpha value is -1.00. The highest BCUT2D eigenvalue weighted by molar-refractivity contribution is 6.31. The molecular weight excluding hydrogens is 202 g/mol. The fourth-order valence-electron chi connectivity index (χ4n) is 1.46. The third-order valence-corrected chi connectivity index (χ3v) is 2.35. The summed E-state index contributed by atoms with van der Waals surface area (Å²) >= 11 is 5.89. The van der Waals surface area contributed by atoms with Crippen molar-refractivity contribution in [3.63, 3.8) is 0 Å². The number of hydrogen-bond acceptors (Lipinski definition) is 4. The van der Waals surface area contributed by atoms with Gasteiger partial charge < -0.3 is 15.4 Å². The van der Waals surface area contributed by atoms with Crippen LogP contribution in [0.3, 0.4) is 0 Å². The van der Waals surface area contributed by atoms with E-state index >= 15 is 0 Å². The van der Waals surface area contributed by atoms with E-state index in [4.69, 9.17) is 22.1 Å². The van der Waals surface area contributed by atoms with Gasteiger partial charge in [0.25, 0.3) is 0 Å². The van der Waals surface area contributed by atoms with Gasteiger partial charge in [-0.15, -0.1) is 0 Å². The van der Waals surface area contributed by atoms with Crippen molar-refractivity contribution in [3.8, 4) is 0 Å². The lowest BCUT2D eigenvalue weighted by Gasteiger charge is -2.27. The number of ether oxygens (including phenoxy) is 1. The number of rotatable bonds is 1. The summed E-state index contributed by atoms with van der Waals surface area (Å²) in [5.41, 5.74) is 5.61. The number of aromatic nitrogens is 1. The number of nitrogen functional groups attached to an aromatic ring is 1. The Labute approximate surface area is 87.6 Å². The zero-order chi connectivity index (χ0) is 9.97. The topological polar surface area (TPSA) is 51.4 Å². The van der Waals surface area contributed by atoms with Crippen molar-refractivity contribution in [2.24, 2.45) is 0 Å². The summed E-state index contributed by atoms with van der Waals surface area (Å²) in [6, 6.07) is 3.47. The molecule has 1 aliphatic heterocycles. The van der Waals surface area contributed by atoms with E-state index in [1.54, 1.807) is 6.07 Å². The van der Waals surface area contributed by atoms with Crippen LogP contribution in [-0.4, -0.2) is 31.3 Å². The predicted octanol–water partition coefficient (Wildman–Crippen LogP) is 1.15. The van der Waals surface area contributed by atoms with Crippen molar-refractivity contribution in [2.75, 3.05) is 36.9 Å². The summed E-state index contributed by atoms with van der Waals surface area (Å²) in [6.07, 6.45) is 0. The molecule has 0 aliphatic carbocycles. The molecule has 1 aromatic rings. The van der Waals surface area contributed by atoms with Gasteiger partial charge in [-0.25, -0.2) is 4.98 Å². The van der Waals surface area contributed by atoms with Gasteiger partial charge in [0.1, 0.15) is 11.6 Å². The number of nitrogens with zero attached hydrogens (tertiary/aromatic N) is 2. The summed E-state index contributed by atoms with van der Waals surface area (Å²) in [5, 5.41) is 0.624. The molecule has 1 saturated heterocycles. The minimum absolute atomic E-state index is 0.457. The standard InChI is InChI=1S/C9H12ClN3O/c10-7-5-8(11)12-9(6-7)13-1-3-14-4-2-13/h5-6H,1-4H2,(H2,11,12). The van der Waals surface area contributed by atoms with Gasteiger partial charge in [-0.05, 0) is 12.1 Å². The molecule has 0 atom stereocenters. The first kappa shape index (κ1) is 9.55. The van der Waals surface area contributed by atoms with Crippen LogP contribution in [0, 0.1) is 0 Å². The first-order valence-corrected chi connectivity index (χ1v) is 4.89. The maximum atomic E-state index is 5.89. The van der Waals surface area contributed by atoms with Crippen LogP contribution in [0.1, 0.15) is 0 Å². The van der Waals surface area contributed by atoms with Gasteiger partial charge in [0.2, 0.25) is 0 Å². The van der Waals surface area contributed by atoms with E-state index in [2.05, 4.69) is 9.88 Å². The normalized spacial score (nSPS) is 17.1. The molecule has 14 heavy (non-hydrogen) atoms. The van der Waals surface area contributed by atoms with Crippen LogP contribution in [0.5, 0.6) is 0 Å². The molecule has 0 spiro atoms. The second-order valence-electron chi connectivity index (χ2n) is 3.17. The first-order valence-electron chi connectivity index (χ1n) is 4.51. The zero-order valence-electron chi connectivity index (χ0n) is 7.74. The van der Waals surface area contributed by atoms with Crippen LogP contribution in [-0.2, 0) is 4.74 Å². The molecule has 5 heteroatoms. The van der Waals surface area contributed by atoms with Crippen LogP contribution in [0.15, 0.2) is 12.1 Å². The van der Waals surface area contributed by atoms with E-state index in [-0.39, 0.29) is 0 Å². The maximum absolute atomic E-state index is 5.89. The van der Waals surface area contributed by atoms with Crippen molar-refractivity contribution in [2.45, 2.75) is 0 Å². The molecule has 4 nitrogen and oxygen atoms in total. The van der Waals surface area contributed by atoms with E-state index in [0.29, 0.717) is 10.8 Å². The lowest BCUT2D eigenvalue weighted by molar-refractivity contribution is 0.122. The van der Waals surface area contributed by atoms with Crippen molar-refractivity contribution in [1.82, 2.24) is 4.98 Å². The summed E-state index contributed by atoms with van der Waals surface area (Å²) in [4.78, 5) is 6.34. The summed E-state index contributed by atoms with van der Waals surface area (Å²) in [6.45, 7) is 3.14. The number of pyridine rings is 1. The van der Waals surface area contributed by atoms with Crippen LogP contribution >= 0.6 is 11.6 Å². The first-order chi connectivity index (χ1) is 6.75. The van der Waals surface area contributed by atoms with Crippen LogP contribution in [0.25, 0.3) is 0 Å². The van der Waals surface area contributed by atoms with Gasteiger partial charge in [-0.2, -0.15) is 0 Å². The fourth-order valence-corrected chi connectivity index (χ4v) is 1.67. The van der Waals surface area contributed by atoms with Crippen molar-refractivity contribution >= 4 is 23.2 Å². The van der Waals surface area contributed by atoms with E-state index < -0.39 is 0 Å². The molecule has 1 aliphatic rings. The van der Waals surface area contributed by atoms with E-state index in [0.717, 1.165) is 32.1 Å². The van der Waals surface area contributed by atoms with Crippen LogP contribution in [0.2, 0.25) is 5.02 Å². The molecule has 2 rings (SSSR count). The molecule has 0 bridgehead atoms. The van der Waals surface area contributed by atoms with E-state index in [9.17, 15) is 0 Å². The van der Waals surface area contributed by atoms with Crippen molar-refractivity contribution in [3.05, 3.63) is 17.2 Å². The second-order valence-corrected chi connectivity index (χ2v) is 3.60. The van der Waals surface area contributed by atoms with Gasteiger partial charge in [0.15, 0.2) is 0 Å². The third-order valence-electron chi connectivity index (χ3n) is 2.13. The highest BCUT2D eigenvalue weighted by Crippen LogP contribution is 2.20. The minimum atomic E-state index is 0.457. The fraction of sp³-hybridized carbons (Fsp3) is 0.444. The lowest BCUT2D eigenvalue weighted by atomic mass is 10.3. The molecular formula is C9H12ClN3O. The van der Waals surface area contributed by atoms with Crippen LogP contribution in [0.4, 0.5) is 11.6 Å². The molecule has 0 radical (unpaired) electrons. The molecule has 0 saturated carbocycles. The SMILES string of the molecule is Nc1cc(Cl)cc(N2CCOCC2)n1. The number of nitrogens with two attached hydrogens (primary N) is 1. The number of halogens is 1. The Morgan fingerprint density at radius 1 is 1.36 bits per heavy atom. The molecule has 2 heterocycles. The van der Waals surface area contributed by atoms with Crippen molar-refractivity contribution < 1.29 is 4.74 Å². The predicted molar refractivity (Wildman–Crippen MR) is 56.7 cm³/mol. The van der Waals surface area contributed by atoms with Gasteiger partial charge in [0.05, 0.1) is 13.2 Å². The highest BCUT2D eigenvalue weighted by atomic mass is 35.5. The summed E-state index contributed by atoms with van der Waals surface area (Å²) in [7, 11) is 0. The maximum Gasteiger partial charge on any atom is 0.132 e. The number of morpholine rings is 1. The second kappa shape index (κ2) is 4.02. The lowest BCUT2D eigenvalue weighted by Crippen LogP contribution is -2.36. The highest BCUT2D eigenvalue weighted by Gasteiger charge is 2.12. The average Bonchev–Trinajstić information content (AvgIpc) is 2.18. The molecule has 0 unspecified atom stereocenters. The van der Waals surface area contributed by atoms with Crippen molar-refractivity contribution in [1.29, 1.82) is 0 Å². The molecule has 0 amide bonds. The van der Waals surface area contributed by atoms with E-state index in [1.807, 2.05) is 6.07 Å². The average molecular weight is 214 g/mol. The van der Waals surface area contributed by atoms with Gasteiger partial charge in [0, 0.05) is 18.1 Å². The molecule has 2 N–H and O–H groups in total. The Morgan fingerprint density at radius 2 is 2.07 bits per heavy atom. The molecule has 1 fully saturated rings. The summed E-state index contributed by atoms with van der Waals surface area (Å²) < 4.78 is 5.25. The zero-order valence-corrected chi connectivity index (χ0v) is 8.50. The monoisotopic (exact) mass is 213 g/mol. The molecule has 1 aromatic heterocycles. The number of hydrogen-bond donors (Lipinski definition) is 1. The van der Waals surface area contributed by atoms with Crippen LogP contribution < -0.4 is 10.6 Å². The van der Waals surface area contributed by atoms with Gasteiger partial charge >= 0.3 is 0 Å². The Kier molecular flexibility index (Phi) is 2.74. The smallest absolute Gasteiger partial charge is 0.132 e. The Bertz CT molecular complexity index is 306. The molecule has 0 aromatic carbocycles. The Balaban J connectivity index is 2.21.